The Balaban J connectivity index is 1.67. The minimum absolute atomic E-state index is 0.0532. The summed E-state index contributed by atoms with van der Waals surface area (Å²) < 4.78 is 5.78. The molecule has 3 heterocycles. The van der Waals surface area contributed by atoms with Crippen LogP contribution in [0, 0.1) is 13.8 Å². The van der Waals surface area contributed by atoms with E-state index in [1.807, 2.05) is 17.9 Å². The summed E-state index contributed by atoms with van der Waals surface area (Å²) in [6.45, 7) is 5.77. The Morgan fingerprint density at radius 1 is 1.24 bits per heavy atom. The summed E-state index contributed by atoms with van der Waals surface area (Å²) in [6.07, 6.45) is 5.31. The predicted octanol–water partition coefficient (Wildman–Crippen LogP) is 4.72. The molecule has 1 aliphatic rings. The standard InChI is InChI=1S/C23H24ClN3O2/c1-15-10-16(2)21-18(11-15)12-19(22(24)26-21)13-27(14-20-4-3-9-29-20)23(28)17-5-7-25-8-6-17/h5-8,10-12,20H,3-4,9,13-14H2,1-2H3. The molecular weight excluding hydrogens is 386 g/mol. The van der Waals surface area contributed by atoms with Crippen LogP contribution in [0.1, 0.15) is 39.9 Å². The number of halogens is 1. The van der Waals surface area contributed by atoms with Crippen molar-refractivity contribution in [1.82, 2.24) is 14.9 Å². The third-order valence-electron chi connectivity index (χ3n) is 5.30. The molecule has 29 heavy (non-hydrogen) atoms. The first-order valence-electron chi connectivity index (χ1n) is 9.88. The van der Waals surface area contributed by atoms with Crippen LogP contribution >= 0.6 is 11.6 Å². The number of amides is 1. The number of rotatable bonds is 5. The summed E-state index contributed by atoms with van der Waals surface area (Å²) in [7, 11) is 0. The molecule has 6 heteroatoms. The van der Waals surface area contributed by atoms with E-state index in [2.05, 4.69) is 29.0 Å². The summed E-state index contributed by atoms with van der Waals surface area (Å²) in [5, 5.41) is 1.47. The van der Waals surface area contributed by atoms with Crippen molar-refractivity contribution < 1.29 is 9.53 Å². The number of benzene rings is 1. The number of fused-ring (bicyclic) bond motifs is 1. The van der Waals surface area contributed by atoms with Gasteiger partial charge in [0.15, 0.2) is 0 Å². The molecule has 4 rings (SSSR count). The van der Waals surface area contributed by atoms with E-state index in [4.69, 9.17) is 16.3 Å². The highest BCUT2D eigenvalue weighted by Gasteiger charge is 2.24. The predicted molar refractivity (Wildman–Crippen MR) is 114 cm³/mol. The van der Waals surface area contributed by atoms with Gasteiger partial charge in [0.2, 0.25) is 0 Å². The van der Waals surface area contributed by atoms with Crippen molar-refractivity contribution in [2.45, 2.75) is 39.3 Å². The van der Waals surface area contributed by atoms with Gasteiger partial charge in [-0.05, 0) is 56.5 Å². The van der Waals surface area contributed by atoms with Crippen molar-refractivity contribution in [3.05, 3.63) is 70.1 Å². The number of aryl methyl sites for hydroxylation is 2. The number of carbonyl (C=O) groups is 1. The highest BCUT2D eigenvalue weighted by Crippen LogP contribution is 2.26. The first kappa shape index (κ1) is 19.8. The highest BCUT2D eigenvalue weighted by atomic mass is 35.5. The zero-order chi connectivity index (χ0) is 20.4. The number of ether oxygens (including phenoxy) is 1. The van der Waals surface area contributed by atoms with Crippen LogP contribution in [0.4, 0.5) is 0 Å². The van der Waals surface area contributed by atoms with E-state index in [9.17, 15) is 4.79 Å². The van der Waals surface area contributed by atoms with Crippen LogP contribution in [0.25, 0.3) is 10.9 Å². The average molecular weight is 410 g/mol. The topological polar surface area (TPSA) is 55.3 Å². The van der Waals surface area contributed by atoms with Gasteiger partial charge in [0.25, 0.3) is 5.91 Å². The molecule has 1 atom stereocenters. The Morgan fingerprint density at radius 2 is 2.03 bits per heavy atom. The average Bonchev–Trinajstić information content (AvgIpc) is 3.22. The van der Waals surface area contributed by atoms with Crippen molar-refractivity contribution >= 4 is 28.4 Å². The Morgan fingerprint density at radius 3 is 2.76 bits per heavy atom. The van der Waals surface area contributed by atoms with Crippen molar-refractivity contribution in [3.63, 3.8) is 0 Å². The van der Waals surface area contributed by atoms with Gasteiger partial charge in [-0.1, -0.05) is 23.2 Å². The lowest BCUT2D eigenvalue weighted by Crippen LogP contribution is -2.37. The van der Waals surface area contributed by atoms with E-state index in [1.165, 1.54) is 5.56 Å². The molecule has 5 nitrogen and oxygen atoms in total. The largest absolute Gasteiger partial charge is 0.376 e. The summed E-state index contributed by atoms with van der Waals surface area (Å²) >= 11 is 6.54. The molecule has 0 radical (unpaired) electrons. The van der Waals surface area contributed by atoms with E-state index in [0.29, 0.717) is 23.8 Å². The quantitative estimate of drug-likeness (QED) is 0.572. The van der Waals surface area contributed by atoms with E-state index in [0.717, 1.165) is 41.5 Å². The molecule has 0 N–H and O–H groups in total. The lowest BCUT2D eigenvalue weighted by Gasteiger charge is -2.26. The molecule has 1 fully saturated rings. The molecular formula is C23H24ClN3O2. The third-order valence-corrected chi connectivity index (χ3v) is 5.63. The van der Waals surface area contributed by atoms with Crippen LogP contribution < -0.4 is 0 Å². The zero-order valence-electron chi connectivity index (χ0n) is 16.7. The van der Waals surface area contributed by atoms with Gasteiger partial charge in [-0.2, -0.15) is 0 Å². The van der Waals surface area contributed by atoms with Gasteiger partial charge in [0.1, 0.15) is 5.15 Å². The van der Waals surface area contributed by atoms with E-state index < -0.39 is 0 Å². The number of pyridine rings is 2. The Hall–Kier alpha value is -2.50. The van der Waals surface area contributed by atoms with Gasteiger partial charge in [0, 0.05) is 48.6 Å². The monoisotopic (exact) mass is 409 g/mol. The van der Waals surface area contributed by atoms with Crippen LogP contribution in [0.2, 0.25) is 5.15 Å². The maximum Gasteiger partial charge on any atom is 0.254 e. The molecule has 1 amide bonds. The summed E-state index contributed by atoms with van der Waals surface area (Å²) in [6, 6.07) is 9.72. The second-order valence-corrected chi connectivity index (χ2v) is 8.01. The lowest BCUT2D eigenvalue weighted by atomic mass is 10.0. The van der Waals surface area contributed by atoms with Gasteiger partial charge < -0.3 is 9.64 Å². The van der Waals surface area contributed by atoms with E-state index >= 15 is 0 Å². The van der Waals surface area contributed by atoms with Crippen molar-refractivity contribution in [2.75, 3.05) is 13.2 Å². The van der Waals surface area contributed by atoms with Crippen molar-refractivity contribution in [3.8, 4) is 0 Å². The van der Waals surface area contributed by atoms with Gasteiger partial charge in [-0.3, -0.25) is 9.78 Å². The third kappa shape index (κ3) is 4.41. The molecule has 0 spiro atoms. The van der Waals surface area contributed by atoms with Gasteiger partial charge in [-0.15, -0.1) is 0 Å². The zero-order valence-corrected chi connectivity index (χ0v) is 17.4. The molecule has 3 aromatic rings. The fourth-order valence-electron chi connectivity index (χ4n) is 3.92. The molecule has 0 saturated carbocycles. The number of hydrogen-bond acceptors (Lipinski definition) is 4. The highest BCUT2D eigenvalue weighted by molar-refractivity contribution is 6.30. The van der Waals surface area contributed by atoms with Crippen LogP contribution in [0.15, 0.2) is 42.7 Å². The Labute approximate surface area is 175 Å². The lowest BCUT2D eigenvalue weighted by molar-refractivity contribution is 0.0507. The maximum absolute atomic E-state index is 13.2. The summed E-state index contributed by atoms with van der Waals surface area (Å²) in [4.78, 5) is 23.6. The van der Waals surface area contributed by atoms with Crippen LogP contribution in [0.5, 0.6) is 0 Å². The number of carbonyl (C=O) groups excluding carboxylic acids is 1. The molecule has 1 saturated heterocycles. The van der Waals surface area contributed by atoms with Gasteiger partial charge in [0.05, 0.1) is 11.6 Å². The second-order valence-electron chi connectivity index (χ2n) is 7.65. The molecule has 0 aliphatic carbocycles. The molecule has 1 aliphatic heterocycles. The normalized spacial score (nSPS) is 16.3. The first-order chi connectivity index (χ1) is 14.0. The molecule has 1 unspecified atom stereocenters. The minimum atomic E-state index is -0.0560. The molecule has 1 aromatic carbocycles. The molecule has 150 valence electrons. The van der Waals surface area contributed by atoms with E-state index in [-0.39, 0.29) is 12.0 Å². The SMILES string of the molecule is Cc1cc(C)c2nc(Cl)c(CN(CC3CCCO3)C(=O)c3ccncc3)cc2c1. The van der Waals surface area contributed by atoms with E-state index in [1.54, 1.807) is 24.5 Å². The fraction of sp³-hybridized carbons (Fsp3) is 0.348. The van der Waals surface area contributed by atoms with Crippen LogP contribution in [-0.4, -0.2) is 40.0 Å². The molecule has 0 bridgehead atoms. The minimum Gasteiger partial charge on any atom is -0.376 e. The smallest absolute Gasteiger partial charge is 0.254 e. The summed E-state index contributed by atoms with van der Waals surface area (Å²) in [5.41, 5.74) is 4.61. The van der Waals surface area contributed by atoms with Gasteiger partial charge in [-0.25, -0.2) is 4.98 Å². The summed E-state index contributed by atoms with van der Waals surface area (Å²) in [5.74, 6) is -0.0560. The number of nitrogens with zero attached hydrogens (tertiary/aromatic N) is 3. The molecule has 2 aromatic heterocycles. The number of aromatic nitrogens is 2. The Bertz CT molecular complexity index is 1030. The second kappa shape index (κ2) is 8.47. The van der Waals surface area contributed by atoms with Crippen LogP contribution in [-0.2, 0) is 11.3 Å². The first-order valence-corrected chi connectivity index (χ1v) is 10.3. The number of hydrogen-bond donors (Lipinski definition) is 0. The van der Waals surface area contributed by atoms with Crippen molar-refractivity contribution in [2.24, 2.45) is 0 Å². The fourth-order valence-corrected chi connectivity index (χ4v) is 4.12. The van der Waals surface area contributed by atoms with Gasteiger partial charge >= 0.3 is 0 Å². The Kier molecular flexibility index (Phi) is 5.79. The maximum atomic E-state index is 13.2. The van der Waals surface area contributed by atoms with Crippen LogP contribution in [0.3, 0.4) is 0 Å². The van der Waals surface area contributed by atoms with Crippen molar-refractivity contribution in [1.29, 1.82) is 0 Å².